The Bertz CT molecular complexity index is 1760. The number of benzene rings is 2. The maximum absolute atomic E-state index is 12.0. The number of terminal acetylenes is 2. The molecule has 3 aliphatic rings. The number of fused-ring (bicyclic) bond motifs is 3. The summed E-state index contributed by atoms with van der Waals surface area (Å²) in [6.07, 6.45) is 27.1. The topological polar surface area (TPSA) is 33.4 Å². The molecule has 0 amide bonds. The van der Waals surface area contributed by atoms with Gasteiger partial charge in [-0.1, -0.05) is 46.2 Å². The molecule has 6 rings (SSSR count). The number of nitrogens with zero attached hydrogens (tertiary/aromatic N) is 2. The first-order valence-corrected chi connectivity index (χ1v) is 16.8. The second-order valence-electron chi connectivity index (χ2n) is 9.77. The van der Waals surface area contributed by atoms with Gasteiger partial charge in [-0.05, 0) is 91.2 Å². The Balaban J connectivity index is 1.30. The largest absolute Gasteiger partial charge is 0.314 e. The normalized spacial score (nSPS) is 21.0. The van der Waals surface area contributed by atoms with Gasteiger partial charge < -0.3 is 4.18 Å². The van der Waals surface area contributed by atoms with Gasteiger partial charge in [0.25, 0.3) is 5.01 Å². The van der Waals surface area contributed by atoms with Gasteiger partial charge in [0.05, 0.1) is 17.8 Å². The van der Waals surface area contributed by atoms with E-state index >= 15 is 0 Å². The van der Waals surface area contributed by atoms with E-state index in [-0.39, 0.29) is 0 Å². The van der Waals surface area contributed by atoms with E-state index in [1.165, 1.54) is 28.8 Å². The van der Waals surface area contributed by atoms with Crippen molar-refractivity contribution in [3.05, 3.63) is 81.4 Å². The minimum absolute atomic E-state index is 0.578. The third-order valence-electron chi connectivity index (χ3n) is 7.34. The third-order valence-corrected chi connectivity index (χ3v) is 11.0. The van der Waals surface area contributed by atoms with Crippen molar-refractivity contribution in [2.24, 2.45) is 5.92 Å². The van der Waals surface area contributed by atoms with Gasteiger partial charge in [-0.3, -0.25) is 9.11 Å². The second kappa shape index (κ2) is 11.5. The van der Waals surface area contributed by atoms with Crippen molar-refractivity contribution < 1.29 is 13.0 Å². The summed E-state index contributed by atoms with van der Waals surface area (Å²) < 4.78 is 20.3. The molecule has 2 heterocycles. The van der Waals surface area contributed by atoms with E-state index in [2.05, 4.69) is 54.6 Å². The summed E-state index contributed by atoms with van der Waals surface area (Å²) in [5.74, 6) is 0.578. The maximum Gasteiger partial charge on any atom is 0.278 e. The smallest absolute Gasteiger partial charge is 0.278 e. The molecule has 0 spiro atoms. The van der Waals surface area contributed by atoms with Crippen molar-refractivity contribution >= 4 is 67.9 Å². The molecule has 0 saturated heterocycles. The van der Waals surface area contributed by atoms with E-state index in [4.69, 9.17) is 17.0 Å². The van der Waals surface area contributed by atoms with Gasteiger partial charge in [-0.25, -0.2) is 0 Å². The lowest BCUT2D eigenvalue weighted by atomic mass is 9.77. The van der Waals surface area contributed by atoms with Crippen LogP contribution in [0, 0.1) is 30.9 Å². The molecule has 2 aliphatic carbocycles. The van der Waals surface area contributed by atoms with Gasteiger partial charge in [0.1, 0.15) is 4.70 Å². The molecular weight excluding hydrogens is 573 g/mol. The standard InChI is InChI=1S/C32H27N2O2S4/c1-5-33-27-19-25(39-36-3)11-13-29(27)37-31(33)17-21-7-9-23-10-8-22(16-24(23)15-21)18-32-34(6-2)28-20-26(40(4)35)12-14-30(28)38-32/h1-2,11-20,23H,7-10H2,3-4H3/q+1. The SMILES string of the molecule is C#CN1/C(=C/C2=CC3=C/C(=C/c4sc5ccc(SOC)cc5[n+]4C#C)CCC3CC2)Sc2ccc(S(C)=O)cc21. The Morgan fingerprint density at radius 2 is 2.00 bits per heavy atom. The molecule has 0 bridgehead atoms. The number of aromatic nitrogens is 1. The lowest BCUT2D eigenvalue weighted by Gasteiger charge is -2.28. The summed E-state index contributed by atoms with van der Waals surface area (Å²) in [4.78, 5) is 4.78. The molecule has 40 heavy (non-hydrogen) atoms. The van der Waals surface area contributed by atoms with E-state index < -0.39 is 10.8 Å². The number of rotatable bonds is 5. The van der Waals surface area contributed by atoms with E-state index in [9.17, 15) is 4.21 Å². The van der Waals surface area contributed by atoms with Crippen LogP contribution in [0.25, 0.3) is 16.3 Å². The molecule has 4 nitrogen and oxygen atoms in total. The molecule has 0 N–H and O–H groups in total. The molecule has 3 aromatic rings. The van der Waals surface area contributed by atoms with E-state index in [0.29, 0.717) is 5.92 Å². The highest BCUT2D eigenvalue weighted by atomic mass is 32.2. The van der Waals surface area contributed by atoms with Gasteiger partial charge in [-0.2, -0.15) is 0 Å². The van der Waals surface area contributed by atoms with Crippen molar-refractivity contribution in [2.45, 2.75) is 40.4 Å². The van der Waals surface area contributed by atoms with Gasteiger partial charge in [-0.15, -0.1) is 0 Å². The van der Waals surface area contributed by atoms with Crippen molar-refractivity contribution in [1.29, 1.82) is 0 Å². The first-order valence-electron chi connectivity index (χ1n) is 12.9. The molecule has 1 aromatic heterocycles. The molecule has 1 aliphatic heterocycles. The fourth-order valence-corrected chi connectivity index (χ4v) is 8.56. The highest BCUT2D eigenvalue weighted by Crippen LogP contribution is 2.47. The maximum atomic E-state index is 12.0. The molecular formula is C32H27N2O2S4+. The zero-order chi connectivity index (χ0) is 27.8. The van der Waals surface area contributed by atoms with Crippen LogP contribution in [0.4, 0.5) is 5.69 Å². The lowest BCUT2D eigenvalue weighted by molar-refractivity contribution is -0.551. The zero-order valence-corrected chi connectivity index (χ0v) is 25.4. The number of thioether (sulfide) groups is 1. The van der Waals surface area contributed by atoms with Crippen LogP contribution in [-0.2, 0) is 15.0 Å². The zero-order valence-electron chi connectivity index (χ0n) is 22.2. The number of hydrogen-bond acceptors (Lipinski definition) is 6. The van der Waals surface area contributed by atoms with Crippen LogP contribution < -0.4 is 9.47 Å². The predicted molar refractivity (Wildman–Crippen MR) is 169 cm³/mol. The van der Waals surface area contributed by atoms with E-state index in [0.717, 1.165) is 66.3 Å². The van der Waals surface area contributed by atoms with Crippen LogP contribution in [0.3, 0.4) is 0 Å². The summed E-state index contributed by atoms with van der Waals surface area (Å²) in [5.41, 5.74) is 5.91. The van der Waals surface area contributed by atoms with Crippen molar-refractivity contribution in [3.8, 4) is 24.9 Å². The van der Waals surface area contributed by atoms with Gasteiger partial charge in [0.15, 0.2) is 0 Å². The first-order chi connectivity index (χ1) is 19.5. The van der Waals surface area contributed by atoms with Crippen LogP contribution in [0.1, 0.15) is 30.7 Å². The fourth-order valence-electron chi connectivity index (χ4n) is 5.41. The molecule has 2 atom stereocenters. The minimum Gasteiger partial charge on any atom is -0.314 e. The molecule has 0 radical (unpaired) electrons. The highest BCUT2D eigenvalue weighted by molar-refractivity contribution is 8.03. The number of allylic oxidation sites excluding steroid dienone is 6. The monoisotopic (exact) mass is 599 g/mol. The molecule has 2 aromatic carbocycles. The Hall–Kier alpha value is -2.98. The summed E-state index contributed by atoms with van der Waals surface area (Å²) >= 11 is 4.72. The second-order valence-corrected chi connectivity index (χ2v) is 14.2. The summed E-state index contributed by atoms with van der Waals surface area (Å²) in [7, 11) is 0.615. The van der Waals surface area contributed by atoms with Crippen molar-refractivity contribution in [1.82, 2.24) is 0 Å². The fraction of sp³-hybridized carbons (Fsp3) is 0.219. The van der Waals surface area contributed by atoms with Gasteiger partial charge in [0, 0.05) is 62.0 Å². The Morgan fingerprint density at radius 3 is 2.77 bits per heavy atom. The third kappa shape index (κ3) is 5.23. The van der Waals surface area contributed by atoms with Crippen LogP contribution in [0.5, 0.6) is 0 Å². The average Bonchev–Trinajstić information content (AvgIpc) is 3.48. The number of anilines is 1. The van der Waals surface area contributed by atoms with Gasteiger partial charge in [0.2, 0.25) is 11.6 Å². The summed E-state index contributed by atoms with van der Waals surface area (Å²) in [6.45, 7) is 0. The summed E-state index contributed by atoms with van der Waals surface area (Å²) in [6, 6.07) is 17.8. The van der Waals surface area contributed by atoms with E-state index in [1.807, 2.05) is 27.7 Å². The number of hydrogen-bond donors (Lipinski definition) is 0. The predicted octanol–water partition coefficient (Wildman–Crippen LogP) is 7.50. The highest BCUT2D eigenvalue weighted by Gasteiger charge is 2.28. The van der Waals surface area contributed by atoms with Crippen molar-refractivity contribution in [3.63, 3.8) is 0 Å². The Labute approximate surface area is 250 Å². The molecule has 2 unspecified atom stereocenters. The van der Waals surface area contributed by atoms with E-state index in [1.54, 1.807) is 36.5 Å². The van der Waals surface area contributed by atoms with Crippen LogP contribution in [-0.4, -0.2) is 17.6 Å². The minimum atomic E-state index is -1.05. The van der Waals surface area contributed by atoms with Crippen LogP contribution in [0.15, 0.2) is 91.1 Å². The average molecular weight is 600 g/mol. The van der Waals surface area contributed by atoms with Crippen molar-refractivity contribution in [2.75, 3.05) is 18.3 Å². The first kappa shape index (κ1) is 27.2. The Morgan fingerprint density at radius 1 is 1.15 bits per heavy atom. The Kier molecular flexibility index (Phi) is 7.81. The summed E-state index contributed by atoms with van der Waals surface area (Å²) in [5, 5.41) is 2.07. The molecule has 0 saturated carbocycles. The molecule has 0 fully saturated rings. The number of thiazole rings is 1. The molecule has 8 heteroatoms. The van der Waals surface area contributed by atoms with Crippen LogP contribution >= 0.6 is 35.1 Å². The lowest BCUT2D eigenvalue weighted by Crippen LogP contribution is -2.29. The van der Waals surface area contributed by atoms with Crippen LogP contribution in [0.2, 0.25) is 0 Å². The van der Waals surface area contributed by atoms with Gasteiger partial charge >= 0.3 is 0 Å². The quantitative estimate of drug-likeness (QED) is 0.172. The molecule has 200 valence electrons.